The number of aromatic nitrogens is 3. The zero-order chi connectivity index (χ0) is 21.4. The molecule has 0 aliphatic rings. The van der Waals surface area contributed by atoms with Gasteiger partial charge in [-0.15, -0.1) is 0 Å². The highest BCUT2D eigenvalue weighted by Gasteiger charge is 2.21. The molecule has 0 fully saturated rings. The van der Waals surface area contributed by atoms with Crippen molar-refractivity contribution in [1.82, 2.24) is 14.5 Å². The van der Waals surface area contributed by atoms with Crippen molar-refractivity contribution in [3.05, 3.63) is 65.5 Å². The molecule has 0 unspecified atom stereocenters. The number of carbonyl (C=O) groups excluding carboxylic acids is 1. The molecule has 4 aromatic rings. The van der Waals surface area contributed by atoms with Crippen LogP contribution >= 0.6 is 0 Å². The first kappa shape index (κ1) is 18.8. The predicted octanol–water partition coefficient (Wildman–Crippen LogP) is 2.96. The zero-order valence-electron chi connectivity index (χ0n) is 15.7. The van der Waals surface area contributed by atoms with Gasteiger partial charge in [0, 0.05) is 17.4 Å². The van der Waals surface area contributed by atoms with Gasteiger partial charge in [0.15, 0.2) is 5.69 Å². The van der Waals surface area contributed by atoms with E-state index in [1.54, 1.807) is 30.3 Å². The summed E-state index contributed by atoms with van der Waals surface area (Å²) in [5.74, 6) is -1.09. The number of anilines is 1. The molecule has 0 saturated carbocycles. The summed E-state index contributed by atoms with van der Waals surface area (Å²) in [5, 5.41) is 18.4. The van der Waals surface area contributed by atoms with Crippen molar-refractivity contribution < 1.29 is 19.4 Å². The second-order valence-electron chi connectivity index (χ2n) is 6.45. The molecule has 0 spiro atoms. The van der Waals surface area contributed by atoms with E-state index < -0.39 is 11.9 Å². The Hall–Kier alpha value is -4.58. The van der Waals surface area contributed by atoms with Crippen molar-refractivity contribution in [2.24, 2.45) is 0 Å². The summed E-state index contributed by atoms with van der Waals surface area (Å²) in [5.41, 5.74) is 9.01. The third-order valence-corrected chi connectivity index (χ3v) is 4.69. The number of nitrogens with zero attached hydrogens (tertiary/aromatic N) is 3. The first-order chi connectivity index (χ1) is 14.4. The molecule has 0 atom stereocenters. The lowest BCUT2D eigenvalue weighted by molar-refractivity contribution is 0.0592. The number of fused-ring (bicyclic) bond motifs is 1. The van der Waals surface area contributed by atoms with Crippen LogP contribution < -0.4 is 5.73 Å². The van der Waals surface area contributed by atoms with Crippen LogP contribution in [0.1, 0.15) is 26.4 Å². The molecule has 0 bridgehead atoms. The number of rotatable bonds is 4. The van der Waals surface area contributed by atoms with E-state index >= 15 is 0 Å². The highest BCUT2D eigenvalue weighted by molar-refractivity contribution is 5.96. The van der Waals surface area contributed by atoms with Crippen LogP contribution in [0.15, 0.2) is 48.7 Å². The lowest BCUT2D eigenvalue weighted by atomic mass is 10.2. The van der Waals surface area contributed by atoms with Crippen LogP contribution in [-0.4, -0.2) is 38.7 Å². The Balaban J connectivity index is 1.74. The number of nitrogens with one attached hydrogen (secondary N) is 1. The first-order valence-corrected chi connectivity index (χ1v) is 8.76. The maximum absolute atomic E-state index is 12.1. The number of aromatic carboxylic acids is 1. The number of ether oxygens (including phenoxy) is 1. The highest BCUT2D eigenvalue weighted by atomic mass is 16.5. The third kappa shape index (κ3) is 3.02. The van der Waals surface area contributed by atoms with Gasteiger partial charge in [-0.05, 0) is 42.5 Å². The number of carboxylic acid groups (broad SMARTS) is 1. The molecule has 4 rings (SSSR count). The van der Waals surface area contributed by atoms with Gasteiger partial charge in [-0.2, -0.15) is 5.26 Å². The standard InChI is InChI=1S/C21H15N5O4/c1-30-21(29)18-17(23)13(9-22)10-26(18)14-5-2-11(3-6-14)19-24-15-7-4-12(20(27)28)8-16(15)25-19/h2-8,10H,23H2,1H3,(H,24,25)(H,27,28). The fraction of sp³-hybridized carbons (Fsp3) is 0.0476. The molecule has 0 amide bonds. The van der Waals surface area contributed by atoms with Crippen LogP contribution in [0.5, 0.6) is 0 Å². The van der Waals surface area contributed by atoms with E-state index in [4.69, 9.17) is 15.6 Å². The molecule has 9 nitrogen and oxygen atoms in total. The largest absolute Gasteiger partial charge is 0.478 e. The Morgan fingerprint density at radius 1 is 1.23 bits per heavy atom. The fourth-order valence-electron chi connectivity index (χ4n) is 3.18. The number of carboxylic acids is 1. The second-order valence-corrected chi connectivity index (χ2v) is 6.45. The fourth-order valence-corrected chi connectivity index (χ4v) is 3.18. The summed E-state index contributed by atoms with van der Waals surface area (Å²) in [7, 11) is 1.24. The highest BCUT2D eigenvalue weighted by Crippen LogP contribution is 2.27. The smallest absolute Gasteiger partial charge is 0.357 e. The van der Waals surface area contributed by atoms with E-state index in [2.05, 4.69) is 9.97 Å². The molecular formula is C21H15N5O4. The number of imidazole rings is 1. The van der Waals surface area contributed by atoms with Crippen molar-refractivity contribution in [1.29, 1.82) is 5.26 Å². The molecule has 0 saturated heterocycles. The van der Waals surface area contributed by atoms with Crippen LogP contribution in [0, 0.1) is 11.3 Å². The monoisotopic (exact) mass is 401 g/mol. The van der Waals surface area contributed by atoms with Gasteiger partial charge in [0.2, 0.25) is 0 Å². The molecule has 2 heterocycles. The normalized spacial score (nSPS) is 10.7. The van der Waals surface area contributed by atoms with Gasteiger partial charge in [0.1, 0.15) is 11.9 Å². The van der Waals surface area contributed by atoms with Gasteiger partial charge in [-0.1, -0.05) is 0 Å². The van der Waals surface area contributed by atoms with Crippen LogP contribution in [-0.2, 0) is 4.74 Å². The van der Waals surface area contributed by atoms with E-state index in [0.29, 0.717) is 22.5 Å². The molecule has 2 aromatic heterocycles. The Labute approximate surface area is 169 Å². The summed E-state index contributed by atoms with van der Waals surface area (Å²) in [6, 6.07) is 13.7. The Morgan fingerprint density at radius 2 is 1.97 bits per heavy atom. The molecule has 30 heavy (non-hydrogen) atoms. The summed E-state index contributed by atoms with van der Waals surface area (Å²) < 4.78 is 6.29. The molecule has 0 radical (unpaired) electrons. The zero-order valence-corrected chi connectivity index (χ0v) is 15.7. The topological polar surface area (TPSA) is 147 Å². The molecule has 2 aromatic carbocycles. The van der Waals surface area contributed by atoms with Gasteiger partial charge in [-0.25, -0.2) is 14.6 Å². The van der Waals surface area contributed by atoms with E-state index in [0.717, 1.165) is 5.56 Å². The summed E-state index contributed by atoms with van der Waals surface area (Å²) in [4.78, 5) is 30.9. The van der Waals surface area contributed by atoms with Crippen LogP contribution in [0.3, 0.4) is 0 Å². The number of esters is 1. The van der Waals surface area contributed by atoms with Crippen molar-refractivity contribution in [2.45, 2.75) is 0 Å². The molecule has 0 aliphatic carbocycles. The SMILES string of the molecule is COC(=O)c1c(N)c(C#N)cn1-c1ccc(-c2nc3ccc(C(=O)O)cc3[nH]2)cc1. The number of benzene rings is 2. The minimum atomic E-state index is -1.01. The van der Waals surface area contributed by atoms with E-state index in [1.165, 1.54) is 30.0 Å². The number of H-pyrrole nitrogens is 1. The van der Waals surface area contributed by atoms with Crippen molar-refractivity contribution >= 4 is 28.7 Å². The number of nitrogen functional groups attached to an aromatic ring is 1. The molecule has 0 aliphatic heterocycles. The van der Waals surface area contributed by atoms with Gasteiger partial charge in [0.05, 0.1) is 35.0 Å². The van der Waals surface area contributed by atoms with Crippen LogP contribution in [0.4, 0.5) is 5.69 Å². The van der Waals surface area contributed by atoms with E-state index in [9.17, 15) is 14.9 Å². The number of nitrogens with two attached hydrogens (primary N) is 1. The quantitative estimate of drug-likeness (QED) is 0.445. The minimum absolute atomic E-state index is 0.0555. The molecule has 148 valence electrons. The van der Waals surface area contributed by atoms with Gasteiger partial charge in [0.25, 0.3) is 0 Å². The molecule has 9 heteroatoms. The second kappa shape index (κ2) is 7.10. The number of hydrogen-bond acceptors (Lipinski definition) is 6. The molecule has 4 N–H and O–H groups in total. The van der Waals surface area contributed by atoms with Gasteiger partial charge >= 0.3 is 11.9 Å². The Bertz CT molecular complexity index is 1340. The first-order valence-electron chi connectivity index (χ1n) is 8.76. The van der Waals surface area contributed by atoms with Crippen molar-refractivity contribution in [2.75, 3.05) is 12.8 Å². The van der Waals surface area contributed by atoms with Gasteiger partial charge in [-0.3, -0.25) is 0 Å². The van der Waals surface area contributed by atoms with E-state index in [1.807, 2.05) is 6.07 Å². The van der Waals surface area contributed by atoms with Crippen LogP contribution in [0.2, 0.25) is 0 Å². The summed E-state index contributed by atoms with van der Waals surface area (Å²) in [6.07, 6.45) is 1.48. The summed E-state index contributed by atoms with van der Waals surface area (Å²) in [6.45, 7) is 0. The predicted molar refractivity (Wildman–Crippen MR) is 108 cm³/mol. The number of carbonyl (C=O) groups is 2. The maximum Gasteiger partial charge on any atom is 0.357 e. The van der Waals surface area contributed by atoms with E-state index in [-0.39, 0.29) is 22.5 Å². The minimum Gasteiger partial charge on any atom is -0.478 e. The van der Waals surface area contributed by atoms with Crippen molar-refractivity contribution in [3.63, 3.8) is 0 Å². The Morgan fingerprint density at radius 3 is 2.60 bits per heavy atom. The number of methoxy groups -OCH3 is 1. The number of aromatic amines is 1. The lowest BCUT2D eigenvalue weighted by Crippen LogP contribution is -2.11. The van der Waals surface area contributed by atoms with Crippen molar-refractivity contribution in [3.8, 4) is 23.1 Å². The molecular weight excluding hydrogens is 386 g/mol. The third-order valence-electron chi connectivity index (χ3n) is 4.69. The number of hydrogen-bond donors (Lipinski definition) is 3. The summed E-state index contributed by atoms with van der Waals surface area (Å²) >= 11 is 0. The van der Waals surface area contributed by atoms with Gasteiger partial charge < -0.3 is 25.1 Å². The average molecular weight is 401 g/mol. The average Bonchev–Trinajstić information content (AvgIpc) is 3.33. The maximum atomic E-state index is 12.1. The number of nitriles is 1. The lowest BCUT2D eigenvalue weighted by Gasteiger charge is -2.09. The van der Waals surface area contributed by atoms with Crippen LogP contribution in [0.25, 0.3) is 28.1 Å². The Kier molecular flexibility index (Phi) is 4.44.